The fourth-order valence-corrected chi connectivity index (χ4v) is 6.43. The first kappa shape index (κ1) is 40.6. The van der Waals surface area contributed by atoms with Gasteiger partial charge < -0.3 is 30.7 Å². The lowest BCUT2D eigenvalue weighted by atomic mass is 9.93. The molecule has 0 bridgehead atoms. The zero-order valence-corrected chi connectivity index (χ0v) is 31.3. The van der Waals surface area contributed by atoms with Gasteiger partial charge in [0.05, 0.1) is 32.4 Å². The number of epoxide rings is 1. The van der Waals surface area contributed by atoms with Crippen molar-refractivity contribution in [3.63, 3.8) is 0 Å². The summed E-state index contributed by atoms with van der Waals surface area (Å²) in [6.45, 7) is 12.2. The normalized spacial score (nSPS) is 20.1. The van der Waals surface area contributed by atoms with Crippen LogP contribution in [0.15, 0.2) is 60.7 Å². The lowest BCUT2D eigenvalue weighted by Crippen LogP contribution is -2.55. The second-order valence-electron chi connectivity index (χ2n) is 14.9. The summed E-state index contributed by atoms with van der Waals surface area (Å²) in [6.07, 6.45) is 2.00. The molecule has 12 heteroatoms. The van der Waals surface area contributed by atoms with Gasteiger partial charge in [-0.25, -0.2) is 0 Å². The molecule has 0 spiro atoms. The molecule has 0 aliphatic carbocycles. The van der Waals surface area contributed by atoms with Crippen LogP contribution >= 0.6 is 0 Å². The molecule has 6 atom stereocenters. The topological polar surface area (TPSA) is 158 Å². The van der Waals surface area contributed by atoms with Gasteiger partial charge in [0, 0.05) is 31.5 Å². The van der Waals surface area contributed by atoms with Crippen LogP contribution in [-0.2, 0) is 46.3 Å². The number of benzene rings is 2. The maximum atomic E-state index is 13.8. The molecule has 12 nitrogen and oxygen atoms in total. The van der Waals surface area contributed by atoms with E-state index in [0.717, 1.165) is 11.1 Å². The molecule has 0 aromatic heterocycles. The Balaban J connectivity index is 1.37. The summed E-state index contributed by atoms with van der Waals surface area (Å²) >= 11 is 0. The number of nitrogens with one attached hydrogen (secondary N) is 4. The minimum absolute atomic E-state index is 0.145. The van der Waals surface area contributed by atoms with Crippen LogP contribution in [0.2, 0.25) is 0 Å². The predicted octanol–water partition coefficient (Wildman–Crippen LogP) is 2.58. The van der Waals surface area contributed by atoms with Crippen molar-refractivity contribution in [2.75, 3.05) is 39.5 Å². The highest BCUT2D eigenvalue weighted by Gasteiger charge is 2.50. The minimum atomic E-state index is -0.929. The molecule has 2 saturated heterocycles. The molecule has 2 heterocycles. The van der Waals surface area contributed by atoms with Crippen molar-refractivity contribution in [1.82, 2.24) is 26.2 Å². The van der Waals surface area contributed by atoms with E-state index >= 15 is 0 Å². The lowest BCUT2D eigenvalue weighted by molar-refractivity contribution is -0.134. The van der Waals surface area contributed by atoms with Gasteiger partial charge in [0.1, 0.15) is 17.7 Å². The largest absolute Gasteiger partial charge is 0.379 e. The molecule has 2 unspecified atom stereocenters. The summed E-state index contributed by atoms with van der Waals surface area (Å²) in [7, 11) is 0. The van der Waals surface area contributed by atoms with Crippen LogP contribution < -0.4 is 21.3 Å². The summed E-state index contributed by atoms with van der Waals surface area (Å²) < 4.78 is 10.8. The number of morpholine rings is 1. The average Bonchev–Trinajstić information content (AvgIpc) is 3.88. The molecule has 2 aromatic rings. The fraction of sp³-hybridized carbons (Fsp3) is 0.575. The lowest BCUT2D eigenvalue weighted by Gasteiger charge is -2.28. The third-order valence-electron chi connectivity index (χ3n) is 9.58. The van der Waals surface area contributed by atoms with Gasteiger partial charge in [-0.3, -0.25) is 28.9 Å². The summed E-state index contributed by atoms with van der Waals surface area (Å²) in [4.78, 5) is 69.2. The summed E-state index contributed by atoms with van der Waals surface area (Å²) in [6, 6.07) is 16.3. The minimum Gasteiger partial charge on any atom is -0.379 e. The van der Waals surface area contributed by atoms with E-state index in [-0.39, 0.29) is 42.4 Å². The molecule has 4 amide bonds. The molecular formula is C40H57N5O7. The summed E-state index contributed by atoms with van der Waals surface area (Å²) in [5, 5.41) is 11.8. The first-order valence-electron chi connectivity index (χ1n) is 18.6. The number of rotatable bonds is 20. The molecular weight excluding hydrogens is 662 g/mol. The van der Waals surface area contributed by atoms with Crippen molar-refractivity contribution in [3.8, 4) is 0 Å². The van der Waals surface area contributed by atoms with E-state index in [1.54, 1.807) is 13.8 Å². The van der Waals surface area contributed by atoms with Crippen molar-refractivity contribution in [2.45, 2.75) is 96.5 Å². The fourth-order valence-electron chi connectivity index (χ4n) is 6.43. The first-order chi connectivity index (χ1) is 24.8. The van der Waals surface area contributed by atoms with Gasteiger partial charge in [-0.05, 0) is 56.6 Å². The molecule has 2 fully saturated rings. The number of hydrogen-bond acceptors (Lipinski definition) is 8. The molecule has 2 aromatic carbocycles. The highest BCUT2D eigenvalue weighted by Crippen LogP contribution is 2.29. The number of Topliss-reactive ketones (excluding diaryl/α,β-unsaturated/α-hetero) is 1. The molecule has 2 aliphatic heterocycles. The van der Waals surface area contributed by atoms with E-state index in [1.807, 2.05) is 86.3 Å². The second kappa shape index (κ2) is 19.6. The van der Waals surface area contributed by atoms with Crippen LogP contribution in [0.5, 0.6) is 0 Å². The van der Waals surface area contributed by atoms with E-state index in [1.165, 1.54) is 0 Å². The van der Waals surface area contributed by atoms with Crippen molar-refractivity contribution >= 4 is 29.4 Å². The SMILES string of the molecule is CC(C)C[C@H](NC(=O)[C@H](Cc1ccccc1)NC(=O)C(C)CC(C)NC(=O)[C@H](CCc1ccccc1)NC(=O)CN1CCOCC1)C(=O)[C@@]1(C)CO1. The maximum absolute atomic E-state index is 13.8. The molecule has 4 rings (SSSR count). The smallest absolute Gasteiger partial charge is 0.243 e. The van der Waals surface area contributed by atoms with Crippen molar-refractivity contribution in [3.05, 3.63) is 71.8 Å². The highest BCUT2D eigenvalue weighted by molar-refractivity contribution is 5.98. The predicted molar refractivity (Wildman–Crippen MR) is 198 cm³/mol. The first-order valence-corrected chi connectivity index (χ1v) is 18.6. The average molecular weight is 720 g/mol. The van der Waals surface area contributed by atoms with Crippen molar-refractivity contribution < 1.29 is 33.4 Å². The Labute approximate surface area is 308 Å². The van der Waals surface area contributed by atoms with Crippen LogP contribution in [0.4, 0.5) is 0 Å². The standard InChI is InChI=1S/C40H57N5O7/c1-27(2)22-33(36(47)40(5)26-52-40)43-39(50)34(24-31-14-10-7-11-15-31)44-37(48)28(3)23-29(4)41-38(49)32(17-16-30-12-8-6-9-13-30)42-35(46)25-45-18-20-51-21-19-45/h6-15,27-29,32-34H,16-26H2,1-5H3,(H,41,49)(H,42,46)(H,43,50)(H,44,48)/t28?,29?,32-,33-,34-,40+/m0/s1. The number of hydrogen-bond donors (Lipinski definition) is 4. The zero-order chi connectivity index (χ0) is 37.7. The molecule has 0 radical (unpaired) electrons. The second-order valence-corrected chi connectivity index (χ2v) is 14.9. The monoisotopic (exact) mass is 719 g/mol. The van der Waals surface area contributed by atoms with Gasteiger partial charge in [-0.1, -0.05) is 81.4 Å². The summed E-state index contributed by atoms with van der Waals surface area (Å²) in [5.41, 5.74) is 1.02. The van der Waals surface area contributed by atoms with Gasteiger partial charge in [-0.15, -0.1) is 0 Å². The van der Waals surface area contributed by atoms with E-state index in [2.05, 4.69) is 21.3 Å². The van der Waals surface area contributed by atoms with Gasteiger partial charge in [0.25, 0.3) is 0 Å². The maximum Gasteiger partial charge on any atom is 0.243 e. The Morgan fingerprint density at radius 1 is 0.731 bits per heavy atom. The van der Waals surface area contributed by atoms with E-state index < -0.39 is 41.6 Å². The van der Waals surface area contributed by atoms with E-state index in [0.29, 0.717) is 58.6 Å². The third-order valence-corrected chi connectivity index (χ3v) is 9.58. The van der Waals surface area contributed by atoms with Crippen LogP contribution in [0.25, 0.3) is 0 Å². The van der Waals surface area contributed by atoms with Gasteiger partial charge in [-0.2, -0.15) is 0 Å². The van der Waals surface area contributed by atoms with Gasteiger partial charge in [0.2, 0.25) is 23.6 Å². The van der Waals surface area contributed by atoms with Crippen molar-refractivity contribution in [1.29, 1.82) is 0 Å². The summed E-state index contributed by atoms with van der Waals surface area (Å²) in [5.74, 6) is -1.92. The third kappa shape index (κ3) is 13.1. The Kier molecular flexibility index (Phi) is 15.3. The van der Waals surface area contributed by atoms with Crippen molar-refractivity contribution in [2.24, 2.45) is 11.8 Å². The Morgan fingerprint density at radius 2 is 1.31 bits per heavy atom. The van der Waals surface area contributed by atoms with Gasteiger partial charge >= 0.3 is 0 Å². The van der Waals surface area contributed by atoms with Crippen LogP contribution in [-0.4, -0.2) is 104 Å². The van der Waals surface area contributed by atoms with E-state index in [4.69, 9.17) is 9.47 Å². The number of carbonyl (C=O) groups is 5. The molecule has 284 valence electrons. The Bertz CT molecular complexity index is 1480. The molecule has 52 heavy (non-hydrogen) atoms. The number of aryl methyl sites for hydroxylation is 1. The zero-order valence-electron chi connectivity index (χ0n) is 31.3. The van der Waals surface area contributed by atoms with Crippen LogP contribution in [0.3, 0.4) is 0 Å². The Hall–Kier alpha value is -4.13. The highest BCUT2D eigenvalue weighted by atomic mass is 16.6. The van der Waals surface area contributed by atoms with E-state index in [9.17, 15) is 24.0 Å². The van der Waals surface area contributed by atoms with Crippen LogP contribution in [0.1, 0.15) is 65.0 Å². The number of amides is 4. The van der Waals surface area contributed by atoms with Crippen LogP contribution in [0, 0.1) is 11.8 Å². The number of ether oxygens (including phenoxy) is 2. The molecule has 2 aliphatic rings. The molecule has 4 N–H and O–H groups in total. The molecule has 0 saturated carbocycles. The number of carbonyl (C=O) groups excluding carboxylic acids is 5. The number of ketones is 1. The number of nitrogens with zero attached hydrogens (tertiary/aromatic N) is 1. The van der Waals surface area contributed by atoms with Gasteiger partial charge in [0.15, 0.2) is 5.78 Å². The Morgan fingerprint density at radius 3 is 1.90 bits per heavy atom. The quantitative estimate of drug-likeness (QED) is 0.152.